The fourth-order valence-corrected chi connectivity index (χ4v) is 5.22. The zero-order chi connectivity index (χ0) is 18.0. The number of nitrogens with two attached hydrogens (primary N) is 1. The molecular weight excluding hydrogens is 322 g/mol. The van der Waals surface area contributed by atoms with E-state index in [9.17, 15) is 5.11 Å². The van der Waals surface area contributed by atoms with Crippen molar-refractivity contribution in [2.45, 2.75) is 62.6 Å². The summed E-state index contributed by atoms with van der Waals surface area (Å²) in [6, 6.07) is 16.7. The Labute approximate surface area is 156 Å². The molecular formula is C23H29NO2. The average Bonchev–Trinajstić information content (AvgIpc) is 2.68. The lowest BCUT2D eigenvalue weighted by molar-refractivity contribution is -0.0862. The van der Waals surface area contributed by atoms with Crippen LogP contribution in [-0.2, 0) is 18.4 Å². The summed E-state index contributed by atoms with van der Waals surface area (Å²) in [5.74, 6) is 0.914. The van der Waals surface area contributed by atoms with Crippen molar-refractivity contribution in [3.63, 3.8) is 0 Å². The Kier molecular flexibility index (Phi) is 4.76. The lowest BCUT2D eigenvalue weighted by Gasteiger charge is -2.54. The molecule has 26 heavy (non-hydrogen) atoms. The first-order valence-corrected chi connectivity index (χ1v) is 9.89. The van der Waals surface area contributed by atoms with Crippen LogP contribution in [0.1, 0.15) is 55.2 Å². The van der Waals surface area contributed by atoms with Gasteiger partial charge in [-0.3, -0.25) is 0 Å². The molecule has 2 aliphatic carbocycles. The molecule has 2 aliphatic rings. The van der Waals surface area contributed by atoms with Crippen LogP contribution in [0.25, 0.3) is 0 Å². The topological polar surface area (TPSA) is 55.5 Å². The minimum Gasteiger partial charge on any atom is -0.489 e. The van der Waals surface area contributed by atoms with Crippen LogP contribution in [0.3, 0.4) is 0 Å². The summed E-state index contributed by atoms with van der Waals surface area (Å²) in [6.07, 6.45) is 6.85. The quantitative estimate of drug-likeness (QED) is 0.852. The van der Waals surface area contributed by atoms with E-state index >= 15 is 0 Å². The molecule has 0 spiro atoms. The van der Waals surface area contributed by atoms with Gasteiger partial charge in [-0.15, -0.1) is 0 Å². The maximum absolute atomic E-state index is 11.5. The second-order valence-corrected chi connectivity index (χ2v) is 7.95. The molecule has 0 radical (unpaired) electrons. The van der Waals surface area contributed by atoms with Gasteiger partial charge < -0.3 is 15.6 Å². The molecule has 0 unspecified atom stereocenters. The summed E-state index contributed by atoms with van der Waals surface area (Å²) >= 11 is 0. The second kappa shape index (κ2) is 7.05. The number of hydrogen-bond donors (Lipinski definition) is 2. The Morgan fingerprint density at radius 2 is 1.81 bits per heavy atom. The molecule has 4 rings (SSSR count). The molecule has 138 valence electrons. The fourth-order valence-electron chi connectivity index (χ4n) is 5.22. The summed E-state index contributed by atoms with van der Waals surface area (Å²) in [5, 5.41) is 11.5. The predicted octanol–water partition coefficient (Wildman–Crippen LogP) is 4.10. The van der Waals surface area contributed by atoms with Gasteiger partial charge in [0.15, 0.2) is 0 Å². The highest BCUT2D eigenvalue weighted by atomic mass is 16.5. The number of ether oxygens (including phenoxy) is 1. The van der Waals surface area contributed by atoms with Crippen molar-refractivity contribution in [3.05, 3.63) is 65.2 Å². The molecule has 3 N–H and O–H groups in total. The number of rotatable bonds is 5. The molecule has 2 atom stereocenters. The first-order chi connectivity index (χ1) is 12.7. The molecule has 0 aromatic heterocycles. The fraction of sp³-hybridized carbons (Fsp3) is 0.478. The Bertz CT molecular complexity index is 756. The highest BCUT2D eigenvalue weighted by molar-refractivity contribution is 5.45. The number of aliphatic hydroxyl groups is 1. The Morgan fingerprint density at radius 1 is 1.00 bits per heavy atom. The van der Waals surface area contributed by atoms with E-state index in [1.54, 1.807) is 0 Å². The number of hydrogen-bond acceptors (Lipinski definition) is 3. The van der Waals surface area contributed by atoms with E-state index in [0.29, 0.717) is 13.2 Å². The van der Waals surface area contributed by atoms with Crippen molar-refractivity contribution >= 4 is 0 Å². The van der Waals surface area contributed by atoms with Gasteiger partial charge in [0.2, 0.25) is 0 Å². The van der Waals surface area contributed by atoms with Gasteiger partial charge in [-0.05, 0) is 67.5 Å². The van der Waals surface area contributed by atoms with Crippen molar-refractivity contribution in [3.8, 4) is 5.75 Å². The SMILES string of the molecule is NCC[C@]12CCCC[C@@]1(O)CCc1cc(OCc3ccccc3)ccc12. The standard InChI is InChI=1S/C23H29NO2/c24-15-14-22-11-4-5-12-23(22,25)13-10-19-16-20(8-9-21(19)22)26-17-18-6-2-1-3-7-18/h1-3,6-9,16,25H,4-5,10-15,17,24H2/t22-,23+/m0/s1. The lowest BCUT2D eigenvalue weighted by atomic mass is 9.53. The van der Waals surface area contributed by atoms with Gasteiger partial charge in [-0.25, -0.2) is 0 Å². The van der Waals surface area contributed by atoms with Crippen LogP contribution in [0.5, 0.6) is 5.75 Å². The lowest BCUT2D eigenvalue weighted by Crippen LogP contribution is -2.57. The van der Waals surface area contributed by atoms with Gasteiger partial charge in [0, 0.05) is 5.41 Å². The van der Waals surface area contributed by atoms with Crippen molar-refractivity contribution in [2.75, 3.05) is 6.54 Å². The smallest absolute Gasteiger partial charge is 0.120 e. The number of fused-ring (bicyclic) bond motifs is 3. The zero-order valence-corrected chi connectivity index (χ0v) is 15.4. The summed E-state index contributed by atoms with van der Waals surface area (Å²) in [4.78, 5) is 0. The minimum absolute atomic E-state index is 0.175. The van der Waals surface area contributed by atoms with Gasteiger partial charge in [-0.1, -0.05) is 49.2 Å². The molecule has 0 saturated heterocycles. The van der Waals surface area contributed by atoms with Gasteiger partial charge in [-0.2, -0.15) is 0 Å². The first kappa shape index (κ1) is 17.6. The minimum atomic E-state index is -0.593. The molecule has 3 heteroatoms. The summed E-state index contributed by atoms with van der Waals surface area (Å²) in [5.41, 5.74) is 9.03. The van der Waals surface area contributed by atoms with Crippen LogP contribution in [0.4, 0.5) is 0 Å². The summed E-state index contributed by atoms with van der Waals surface area (Å²) in [6.45, 7) is 1.20. The molecule has 0 aliphatic heterocycles. The molecule has 1 fully saturated rings. The van der Waals surface area contributed by atoms with Crippen molar-refractivity contribution in [1.29, 1.82) is 0 Å². The molecule has 0 bridgehead atoms. The summed E-state index contributed by atoms with van der Waals surface area (Å²) < 4.78 is 6.03. The molecule has 3 nitrogen and oxygen atoms in total. The zero-order valence-electron chi connectivity index (χ0n) is 15.4. The van der Waals surface area contributed by atoms with E-state index in [-0.39, 0.29) is 5.41 Å². The highest BCUT2D eigenvalue weighted by Crippen LogP contribution is 2.54. The van der Waals surface area contributed by atoms with Gasteiger partial charge in [0.1, 0.15) is 12.4 Å². The Hall–Kier alpha value is -1.84. The normalized spacial score (nSPS) is 27.5. The molecule has 0 amide bonds. The van der Waals surface area contributed by atoms with Crippen molar-refractivity contribution in [1.82, 2.24) is 0 Å². The van der Waals surface area contributed by atoms with E-state index in [1.807, 2.05) is 18.2 Å². The summed E-state index contributed by atoms with van der Waals surface area (Å²) in [7, 11) is 0. The van der Waals surface area contributed by atoms with Crippen LogP contribution in [0, 0.1) is 0 Å². The predicted molar refractivity (Wildman–Crippen MR) is 104 cm³/mol. The molecule has 2 aromatic carbocycles. The van der Waals surface area contributed by atoms with E-state index in [1.165, 1.54) is 23.1 Å². The highest BCUT2D eigenvalue weighted by Gasteiger charge is 2.54. The number of benzene rings is 2. The second-order valence-electron chi connectivity index (χ2n) is 7.95. The van der Waals surface area contributed by atoms with Crippen LogP contribution in [-0.4, -0.2) is 17.3 Å². The Balaban J connectivity index is 1.62. The van der Waals surface area contributed by atoms with Gasteiger partial charge in [0.25, 0.3) is 0 Å². The molecule has 2 aromatic rings. The first-order valence-electron chi connectivity index (χ1n) is 9.89. The van der Waals surface area contributed by atoms with Crippen molar-refractivity contribution in [2.24, 2.45) is 5.73 Å². The molecule has 0 heterocycles. The molecule has 1 saturated carbocycles. The van der Waals surface area contributed by atoms with E-state index in [4.69, 9.17) is 10.5 Å². The van der Waals surface area contributed by atoms with E-state index < -0.39 is 5.60 Å². The third-order valence-electron chi connectivity index (χ3n) is 6.55. The van der Waals surface area contributed by atoms with Crippen LogP contribution in [0.2, 0.25) is 0 Å². The maximum atomic E-state index is 11.5. The van der Waals surface area contributed by atoms with E-state index in [0.717, 1.165) is 44.3 Å². The van der Waals surface area contributed by atoms with Crippen LogP contribution in [0.15, 0.2) is 48.5 Å². The third kappa shape index (κ3) is 2.93. The van der Waals surface area contributed by atoms with Crippen LogP contribution >= 0.6 is 0 Å². The van der Waals surface area contributed by atoms with E-state index in [2.05, 4.69) is 30.3 Å². The van der Waals surface area contributed by atoms with Gasteiger partial charge >= 0.3 is 0 Å². The van der Waals surface area contributed by atoms with Crippen LogP contribution < -0.4 is 10.5 Å². The van der Waals surface area contributed by atoms with Gasteiger partial charge in [0.05, 0.1) is 5.60 Å². The maximum Gasteiger partial charge on any atom is 0.120 e. The largest absolute Gasteiger partial charge is 0.489 e. The monoisotopic (exact) mass is 351 g/mol. The third-order valence-corrected chi connectivity index (χ3v) is 6.55. The van der Waals surface area contributed by atoms with Crippen molar-refractivity contribution < 1.29 is 9.84 Å². The average molecular weight is 351 g/mol. The Morgan fingerprint density at radius 3 is 2.62 bits per heavy atom. The number of aryl methyl sites for hydroxylation is 1.